The van der Waals surface area contributed by atoms with Crippen molar-refractivity contribution in [2.24, 2.45) is 0 Å². The first-order valence-corrected chi connectivity index (χ1v) is 14.2. The Morgan fingerprint density at radius 3 is 2.17 bits per heavy atom. The van der Waals surface area contributed by atoms with Gasteiger partial charge in [-0.25, -0.2) is 8.42 Å². The van der Waals surface area contributed by atoms with E-state index in [1.807, 2.05) is 31.2 Å². The molecule has 0 heterocycles. The van der Waals surface area contributed by atoms with Crippen LogP contribution in [0, 0.1) is 6.92 Å². The Kier molecular flexibility index (Phi) is 9.32. The van der Waals surface area contributed by atoms with Crippen LogP contribution in [0.2, 0.25) is 0 Å². The molecule has 0 aliphatic rings. The number of nitrogens with one attached hydrogen (secondary N) is 1. The first-order chi connectivity index (χ1) is 17.0. The summed E-state index contributed by atoms with van der Waals surface area (Å²) in [5.74, 6) is -0.861. The lowest BCUT2D eigenvalue weighted by Gasteiger charge is -2.31. The quantitative estimate of drug-likeness (QED) is 0.363. The van der Waals surface area contributed by atoms with Gasteiger partial charge in [-0.2, -0.15) is 0 Å². The van der Waals surface area contributed by atoms with Gasteiger partial charge in [0.05, 0.1) is 10.6 Å². The van der Waals surface area contributed by atoms with Crippen molar-refractivity contribution in [1.82, 2.24) is 10.2 Å². The fourth-order valence-corrected chi connectivity index (χ4v) is 5.72. The second-order valence-electron chi connectivity index (χ2n) is 8.24. The van der Waals surface area contributed by atoms with Gasteiger partial charge in [-0.1, -0.05) is 61.7 Å². The number of aryl methyl sites for hydroxylation is 1. The van der Waals surface area contributed by atoms with Gasteiger partial charge in [0.1, 0.15) is 12.6 Å². The van der Waals surface area contributed by atoms with Crippen LogP contribution in [0.4, 0.5) is 5.69 Å². The maximum atomic E-state index is 13.7. The Bertz CT molecular complexity index is 1330. The first kappa shape index (κ1) is 27.9. The molecule has 0 radical (unpaired) electrons. The normalized spacial score (nSPS) is 12.0. The maximum Gasteiger partial charge on any atom is 0.264 e. The molecule has 1 atom stereocenters. The van der Waals surface area contributed by atoms with Crippen LogP contribution in [-0.4, -0.2) is 44.8 Å². The van der Waals surface area contributed by atoms with Crippen LogP contribution in [0.5, 0.6) is 0 Å². The lowest BCUT2D eigenvalue weighted by atomic mass is 10.1. The number of hydrogen-bond donors (Lipinski definition) is 1. The third-order valence-corrected chi connectivity index (χ3v) is 8.47. The Labute approximate surface area is 228 Å². The van der Waals surface area contributed by atoms with Gasteiger partial charge in [0, 0.05) is 22.5 Å². The standard InChI is InChI=1S/C26H27Br2N3O4S/c1-18-7-13-24(14-8-18)36(34,35)31(23-11-9-21(27)10-12-23)17-25(32)30(19(2)26(33)29-3)16-20-5-4-6-22(28)15-20/h4-15,19H,16-17H2,1-3H3,(H,29,33). The van der Waals surface area contributed by atoms with E-state index in [2.05, 4.69) is 37.2 Å². The zero-order chi connectivity index (χ0) is 26.5. The molecule has 190 valence electrons. The summed E-state index contributed by atoms with van der Waals surface area (Å²) in [6, 6.07) is 19.7. The molecule has 1 unspecified atom stereocenters. The number of likely N-dealkylation sites (N-methyl/N-ethyl adjacent to an activating group) is 1. The molecule has 0 saturated heterocycles. The van der Waals surface area contributed by atoms with Crippen LogP contribution in [0.15, 0.2) is 86.6 Å². The smallest absolute Gasteiger partial charge is 0.264 e. The lowest BCUT2D eigenvalue weighted by Crippen LogP contribution is -2.50. The summed E-state index contributed by atoms with van der Waals surface area (Å²) >= 11 is 6.79. The summed E-state index contributed by atoms with van der Waals surface area (Å²) in [6.45, 7) is 3.14. The highest BCUT2D eigenvalue weighted by Crippen LogP contribution is 2.26. The van der Waals surface area contributed by atoms with Crippen LogP contribution >= 0.6 is 31.9 Å². The molecule has 7 nitrogen and oxygen atoms in total. The van der Waals surface area contributed by atoms with E-state index in [9.17, 15) is 18.0 Å². The Morgan fingerprint density at radius 1 is 0.944 bits per heavy atom. The molecule has 0 aliphatic carbocycles. The molecular formula is C26H27Br2N3O4S. The van der Waals surface area contributed by atoms with Gasteiger partial charge in [-0.15, -0.1) is 0 Å². The van der Waals surface area contributed by atoms with E-state index in [1.54, 1.807) is 43.3 Å². The van der Waals surface area contributed by atoms with Crippen molar-refractivity contribution in [3.8, 4) is 0 Å². The zero-order valence-corrected chi connectivity index (χ0v) is 24.1. The number of carbonyl (C=O) groups excluding carboxylic acids is 2. The molecule has 0 fully saturated rings. The molecule has 0 aromatic heterocycles. The van der Waals surface area contributed by atoms with Gasteiger partial charge in [-0.05, 0) is 67.9 Å². The van der Waals surface area contributed by atoms with E-state index in [-0.39, 0.29) is 17.3 Å². The van der Waals surface area contributed by atoms with Gasteiger partial charge in [0.25, 0.3) is 10.0 Å². The molecule has 3 aromatic rings. The second kappa shape index (κ2) is 12.0. The number of sulfonamides is 1. The molecule has 1 N–H and O–H groups in total. The summed E-state index contributed by atoms with van der Waals surface area (Å²) in [5.41, 5.74) is 2.05. The number of amides is 2. The van der Waals surface area contributed by atoms with Gasteiger partial charge in [0.15, 0.2) is 0 Å². The van der Waals surface area contributed by atoms with E-state index in [0.717, 1.165) is 24.4 Å². The minimum Gasteiger partial charge on any atom is -0.357 e. The minimum atomic E-state index is -4.08. The number of anilines is 1. The number of halogens is 2. The Morgan fingerprint density at radius 2 is 1.58 bits per heavy atom. The van der Waals surface area contributed by atoms with Crippen molar-refractivity contribution in [3.05, 3.63) is 92.9 Å². The van der Waals surface area contributed by atoms with E-state index in [0.29, 0.717) is 5.69 Å². The molecular weight excluding hydrogens is 610 g/mol. The second-order valence-corrected chi connectivity index (χ2v) is 11.9. The average Bonchev–Trinajstić information content (AvgIpc) is 2.85. The Hall–Kier alpha value is -2.69. The topological polar surface area (TPSA) is 86.8 Å². The van der Waals surface area contributed by atoms with E-state index in [4.69, 9.17) is 0 Å². The third kappa shape index (κ3) is 6.74. The SMILES string of the molecule is CNC(=O)C(C)N(Cc1cccc(Br)c1)C(=O)CN(c1ccc(Br)cc1)S(=O)(=O)c1ccc(C)cc1. The summed E-state index contributed by atoms with van der Waals surface area (Å²) in [6.07, 6.45) is 0. The third-order valence-electron chi connectivity index (χ3n) is 5.66. The molecule has 0 aliphatic heterocycles. The van der Waals surface area contributed by atoms with E-state index < -0.39 is 28.5 Å². The van der Waals surface area contributed by atoms with E-state index in [1.165, 1.54) is 24.1 Å². The van der Waals surface area contributed by atoms with Gasteiger partial charge >= 0.3 is 0 Å². The van der Waals surface area contributed by atoms with Gasteiger partial charge in [0.2, 0.25) is 11.8 Å². The van der Waals surface area contributed by atoms with Crippen LogP contribution in [0.1, 0.15) is 18.1 Å². The number of nitrogens with zero attached hydrogens (tertiary/aromatic N) is 2. The van der Waals surface area contributed by atoms with Crippen molar-refractivity contribution < 1.29 is 18.0 Å². The van der Waals surface area contributed by atoms with Crippen LogP contribution in [0.25, 0.3) is 0 Å². The van der Waals surface area contributed by atoms with Crippen molar-refractivity contribution >= 4 is 59.4 Å². The molecule has 0 bridgehead atoms. The highest BCUT2D eigenvalue weighted by atomic mass is 79.9. The van der Waals surface area contributed by atoms with Crippen molar-refractivity contribution in [2.45, 2.75) is 31.3 Å². The fourth-order valence-electron chi connectivity index (χ4n) is 3.60. The molecule has 0 spiro atoms. The van der Waals surface area contributed by atoms with E-state index >= 15 is 0 Å². The number of hydrogen-bond acceptors (Lipinski definition) is 4. The number of rotatable bonds is 9. The molecule has 36 heavy (non-hydrogen) atoms. The van der Waals surface area contributed by atoms with Crippen molar-refractivity contribution in [3.63, 3.8) is 0 Å². The first-order valence-electron chi connectivity index (χ1n) is 11.1. The van der Waals surface area contributed by atoms with Crippen LogP contribution in [0.3, 0.4) is 0 Å². The molecule has 0 saturated carbocycles. The number of benzene rings is 3. The highest BCUT2D eigenvalue weighted by Gasteiger charge is 2.32. The summed E-state index contributed by atoms with van der Waals surface area (Å²) in [4.78, 5) is 27.7. The van der Waals surface area contributed by atoms with Gasteiger partial charge in [-0.3, -0.25) is 13.9 Å². The fraction of sp³-hybridized carbons (Fsp3) is 0.231. The monoisotopic (exact) mass is 635 g/mol. The summed E-state index contributed by atoms with van der Waals surface area (Å²) in [5, 5.41) is 2.57. The average molecular weight is 637 g/mol. The van der Waals surface area contributed by atoms with Gasteiger partial charge < -0.3 is 10.2 Å². The zero-order valence-electron chi connectivity index (χ0n) is 20.1. The predicted molar refractivity (Wildman–Crippen MR) is 148 cm³/mol. The molecule has 10 heteroatoms. The van der Waals surface area contributed by atoms with Crippen LogP contribution < -0.4 is 9.62 Å². The summed E-state index contributed by atoms with van der Waals surface area (Å²) in [7, 11) is -2.58. The summed E-state index contributed by atoms with van der Waals surface area (Å²) < 4.78 is 30.1. The maximum absolute atomic E-state index is 13.7. The van der Waals surface area contributed by atoms with Crippen molar-refractivity contribution in [2.75, 3.05) is 17.9 Å². The Balaban J connectivity index is 2.02. The molecule has 2 amide bonds. The van der Waals surface area contributed by atoms with Crippen molar-refractivity contribution in [1.29, 1.82) is 0 Å². The highest BCUT2D eigenvalue weighted by molar-refractivity contribution is 9.10. The predicted octanol–water partition coefficient (Wildman–Crippen LogP) is 4.88. The molecule has 3 aromatic carbocycles. The molecule has 3 rings (SSSR count). The lowest BCUT2D eigenvalue weighted by molar-refractivity contribution is -0.139. The minimum absolute atomic E-state index is 0.0710. The largest absolute Gasteiger partial charge is 0.357 e. The van der Waals surface area contributed by atoms with Crippen LogP contribution in [-0.2, 0) is 26.2 Å². The number of carbonyl (C=O) groups is 2.